The van der Waals surface area contributed by atoms with Crippen molar-refractivity contribution in [2.45, 2.75) is 30.6 Å². The Morgan fingerprint density at radius 3 is 2.64 bits per heavy atom. The van der Waals surface area contributed by atoms with E-state index in [0.29, 0.717) is 0 Å². The number of carbonyl (C=O) groups excluding carboxylic acids is 2. The third-order valence-electron chi connectivity index (χ3n) is 4.18. The average molecular weight is 415 g/mol. The number of benzene rings is 2. The van der Waals surface area contributed by atoms with Gasteiger partial charge in [-0.3, -0.25) is 9.59 Å². The van der Waals surface area contributed by atoms with Crippen molar-refractivity contribution in [3.63, 3.8) is 0 Å². The van der Waals surface area contributed by atoms with Gasteiger partial charge in [0.2, 0.25) is 0 Å². The minimum Gasteiger partial charge on any atom is -0.455 e. The largest absolute Gasteiger partial charge is 0.455 e. The maximum Gasteiger partial charge on any atom is 0.316 e. The Bertz CT molecular complexity index is 921. The lowest BCUT2D eigenvalue weighted by molar-refractivity contribution is -0.146. The van der Waals surface area contributed by atoms with E-state index >= 15 is 0 Å². The van der Waals surface area contributed by atoms with Crippen LogP contribution in [0.2, 0.25) is 0 Å². The lowest BCUT2D eigenvalue weighted by Crippen LogP contribution is -2.32. The van der Waals surface area contributed by atoms with Gasteiger partial charge in [0, 0.05) is 0 Å². The number of hydrogen-bond donors (Lipinski definition) is 1. The predicted molar refractivity (Wildman–Crippen MR) is 114 cm³/mol. The van der Waals surface area contributed by atoms with Crippen LogP contribution in [0.4, 0.5) is 0 Å². The number of hydrogen-bond acceptors (Lipinski definition) is 6. The monoisotopic (exact) mass is 414 g/mol. The van der Waals surface area contributed by atoms with Gasteiger partial charge in [-0.25, -0.2) is 4.98 Å². The van der Waals surface area contributed by atoms with Gasteiger partial charge >= 0.3 is 5.97 Å². The molecule has 1 amide bonds. The molecular weight excluding hydrogens is 392 g/mol. The molecule has 3 rings (SSSR count). The summed E-state index contributed by atoms with van der Waals surface area (Å²) in [4.78, 5) is 28.6. The number of amides is 1. The smallest absolute Gasteiger partial charge is 0.316 e. The third-order valence-corrected chi connectivity index (χ3v) is 6.33. The maximum atomic E-state index is 12.1. The van der Waals surface area contributed by atoms with Gasteiger partial charge in [-0.2, -0.15) is 0 Å². The molecule has 1 aromatic heterocycles. The Morgan fingerprint density at radius 2 is 1.93 bits per heavy atom. The van der Waals surface area contributed by atoms with Crippen molar-refractivity contribution in [3.05, 3.63) is 59.7 Å². The molecule has 0 unspecified atom stereocenters. The van der Waals surface area contributed by atoms with Crippen molar-refractivity contribution in [1.29, 1.82) is 0 Å². The summed E-state index contributed by atoms with van der Waals surface area (Å²) in [5.41, 5.74) is 3.13. The number of carbonyl (C=O) groups is 2. The highest BCUT2D eigenvalue weighted by atomic mass is 32.2. The molecule has 1 N–H and O–H groups in total. The van der Waals surface area contributed by atoms with Crippen LogP contribution in [0.1, 0.15) is 30.5 Å². The standard InChI is InChI=1S/C21H22N2O3S2/c1-3-16(15-10-8-14(2)9-11-15)22-19(24)12-26-20(25)13-27-21-23-17-6-4-5-7-18(17)28-21/h4-11,16H,3,12-13H2,1-2H3,(H,22,24)/t16-/m0/s1. The number of thiazole rings is 1. The molecule has 1 heterocycles. The summed E-state index contributed by atoms with van der Waals surface area (Å²) in [7, 11) is 0. The Labute approximate surface area is 172 Å². The quantitative estimate of drug-likeness (QED) is 0.434. The average Bonchev–Trinajstić information content (AvgIpc) is 3.12. The van der Waals surface area contributed by atoms with Crippen molar-refractivity contribution in [2.24, 2.45) is 0 Å². The van der Waals surface area contributed by atoms with Crippen molar-refractivity contribution >= 4 is 45.2 Å². The van der Waals surface area contributed by atoms with Crippen molar-refractivity contribution < 1.29 is 14.3 Å². The van der Waals surface area contributed by atoms with Crippen LogP contribution < -0.4 is 5.32 Å². The summed E-state index contributed by atoms with van der Waals surface area (Å²) in [5, 5.41) is 2.92. The second-order valence-corrected chi connectivity index (χ2v) is 8.59. The van der Waals surface area contributed by atoms with Gasteiger partial charge < -0.3 is 10.1 Å². The molecule has 0 fully saturated rings. The van der Waals surface area contributed by atoms with Crippen LogP contribution in [0.5, 0.6) is 0 Å². The first-order valence-corrected chi connectivity index (χ1v) is 10.8. The summed E-state index contributed by atoms with van der Waals surface area (Å²) in [5.74, 6) is -0.601. The summed E-state index contributed by atoms with van der Waals surface area (Å²) in [6.45, 7) is 3.75. The van der Waals surface area contributed by atoms with E-state index in [-0.39, 0.29) is 24.3 Å². The molecule has 0 spiro atoms. The van der Waals surface area contributed by atoms with E-state index in [2.05, 4.69) is 10.3 Å². The van der Waals surface area contributed by atoms with E-state index in [1.54, 1.807) is 0 Å². The van der Waals surface area contributed by atoms with Gasteiger partial charge in [0.05, 0.1) is 22.0 Å². The SMILES string of the molecule is CC[C@H](NC(=O)COC(=O)CSc1nc2ccccc2s1)c1ccc(C)cc1. The molecule has 146 valence electrons. The van der Waals surface area contributed by atoms with E-state index in [1.807, 2.05) is 62.4 Å². The van der Waals surface area contributed by atoms with Gasteiger partial charge in [0.1, 0.15) is 0 Å². The number of esters is 1. The molecule has 7 heteroatoms. The second kappa shape index (κ2) is 9.71. The van der Waals surface area contributed by atoms with Crippen LogP contribution in [0.25, 0.3) is 10.2 Å². The number of aryl methyl sites for hydroxylation is 1. The molecule has 5 nitrogen and oxygen atoms in total. The molecule has 0 aliphatic heterocycles. The fraction of sp³-hybridized carbons (Fsp3) is 0.286. The molecule has 1 atom stereocenters. The van der Waals surface area contributed by atoms with E-state index in [9.17, 15) is 9.59 Å². The van der Waals surface area contributed by atoms with Crippen LogP contribution in [0.15, 0.2) is 52.9 Å². The van der Waals surface area contributed by atoms with E-state index in [0.717, 1.165) is 26.5 Å². The van der Waals surface area contributed by atoms with Gasteiger partial charge in [0.15, 0.2) is 10.9 Å². The van der Waals surface area contributed by atoms with Crippen molar-refractivity contribution in [3.8, 4) is 0 Å². The normalized spacial score (nSPS) is 11.9. The number of ether oxygens (including phenoxy) is 1. The topological polar surface area (TPSA) is 68.3 Å². The molecule has 3 aromatic rings. The fourth-order valence-corrected chi connectivity index (χ4v) is 4.54. The first-order chi connectivity index (χ1) is 13.5. The van der Waals surface area contributed by atoms with Crippen LogP contribution in [-0.4, -0.2) is 29.2 Å². The molecular formula is C21H22N2O3S2. The zero-order valence-corrected chi connectivity index (χ0v) is 17.4. The van der Waals surface area contributed by atoms with Gasteiger partial charge in [-0.05, 0) is 31.0 Å². The van der Waals surface area contributed by atoms with Crippen LogP contribution in [-0.2, 0) is 14.3 Å². The van der Waals surface area contributed by atoms with Gasteiger partial charge in [0.25, 0.3) is 5.91 Å². The van der Waals surface area contributed by atoms with E-state index < -0.39 is 5.97 Å². The highest BCUT2D eigenvalue weighted by Crippen LogP contribution is 2.29. The molecule has 0 aliphatic rings. The summed E-state index contributed by atoms with van der Waals surface area (Å²) in [6.07, 6.45) is 0.760. The Balaban J connectivity index is 1.44. The Kier molecular flexibility index (Phi) is 7.06. The first-order valence-electron chi connectivity index (χ1n) is 9.05. The lowest BCUT2D eigenvalue weighted by Gasteiger charge is -2.17. The molecule has 0 bridgehead atoms. The molecule has 28 heavy (non-hydrogen) atoms. The van der Waals surface area contributed by atoms with Crippen molar-refractivity contribution in [2.75, 3.05) is 12.4 Å². The number of rotatable bonds is 8. The summed E-state index contributed by atoms with van der Waals surface area (Å²) < 4.78 is 7.00. The zero-order chi connectivity index (χ0) is 19.9. The molecule has 2 aromatic carbocycles. The molecule has 0 radical (unpaired) electrons. The number of fused-ring (bicyclic) bond motifs is 1. The van der Waals surface area contributed by atoms with Crippen LogP contribution in [0.3, 0.4) is 0 Å². The maximum absolute atomic E-state index is 12.1. The van der Waals surface area contributed by atoms with Gasteiger partial charge in [-0.15, -0.1) is 11.3 Å². The van der Waals surface area contributed by atoms with Crippen LogP contribution in [0, 0.1) is 6.92 Å². The fourth-order valence-electron chi connectivity index (χ4n) is 2.68. The Hall–Kier alpha value is -2.38. The van der Waals surface area contributed by atoms with Crippen LogP contribution >= 0.6 is 23.1 Å². The number of aromatic nitrogens is 1. The summed E-state index contributed by atoms with van der Waals surface area (Å²) >= 11 is 2.86. The number of nitrogens with zero attached hydrogens (tertiary/aromatic N) is 1. The van der Waals surface area contributed by atoms with Gasteiger partial charge in [-0.1, -0.05) is 60.6 Å². The van der Waals surface area contributed by atoms with E-state index in [1.165, 1.54) is 28.7 Å². The predicted octanol–water partition coefficient (Wildman–Crippen LogP) is 4.51. The zero-order valence-electron chi connectivity index (χ0n) is 15.8. The number of para-hydroxylation sites is 1. The minimum absolute atomic E-state index is 0.0936. The summed E-state index contributed by atoms with van der Waals surface area (Å²) in [6, 6.07) is 15.8. The second-order valence-electron chi connectivity index (χ2n) is 6.34. The first kappa shape index (κ1) is 20.4. The number of nitrogens with one attached hydrogen (secondary N) is 1. The third kappa shape index (κ3) is 5.56. The number of thioether (sulfide) groups is 1. The molecule has 0 saturated carbocycles. The van der Waals surface area contributed by atoms with E-state index in [4.69, 9.17) is 4.74 Å². The molecule has 0 saturated heterocycles. The van der Waals surface area contributed by atoms with Crippen molar-refractivity contribution in [1.82, 2.24) is 10.3 Å². The highest BCUT2D eigenvalue weighted by molar-refractivity contribution is 8.01. The Morgan fingerprint density at radius 1 is 1.18 bits per heavy atom. The minimum atomic E-state index is -0.428. The highest BCUT2D eigenvalue weighted by Gasteiger charge is 2.15. The molecule has 0 aliphatic carbocycles. The lowest BCUT2D eigenvalue weighted by atomic mass is 10.0.